The lowest BCUT2D eigenvalue weighted by molar-refractivity contribution is 0.350. The molecule has 0 atom stereocenters. The predicted molar refractivity (Wildman–Crippen MR) is 64.3 cm³/mol. The van der Waals surface area contributed by atoms with Crippen molar-refractivity contribution in [1.29, 1.82) is 0 Å². The molecule has 0 aliphatic rings. The third-order valence-electron chi connectivity index (χ3n) is 1.70. The van der Waals surface area contributed by atoms with Crippen molar-refractivity contribution in [2.24, 2.45) is 0 Å². The fourth-order valence-electron chi connectivity index (χ4n) is 1.06. The number of thioether (sulfide) groups is 1. The first-order valence-corrected chi connectivity index (χ1v) is 6.39. The largest absolute Gasteiger partial charge is 0.440 e. The van der Waals surface area contributed by atoms with Gasteiger partial charge in [0.1, 0.15) is 12.9 Å². The maximum Gasteiger partial charge on any atom is 0.255 e. The van der Waals surface area contributed by atoms with E-state index in [4.69, 9.17) is 9.52 Å². The van der Waals surface area contributed by atoms with Gasteiger partial charge in [0.05, 0.1) is 11.1 Å². The zero-order valence-corrected chi connectivity index (χ0v) is 9.98. The molecule has 0 aliphatic heterocycles. The number of aliphatic hydroxyl groups is 1. The van der Waals surface area contributed by atoms with Crippen LogP contribution in [0.3, 0.4) is 0 Å². The van der Waals surface area contributed by atoms with Gasteiger partial charge in [-0.15, -0.1) is 11.3 Å². The van der Waals surface area contributed by atoms with Crippen LogP contribution in [-0.2, 0) is 5.75 Å². The van der Waals surface area contributed by atoms with Crippen LogP contribution in [0.5, 0.6) is 0 Å². The highest BCUT2D eigenvalue weighted by Gasteiger charge is 2.02. The van der Waals surface area contributed by atoms with Crippen LogP contribution < -0.4 is 0 Å². The standard InChI is InChI=1S/C11H9NO2S2/c13-6-1-2-9-3-4-10(16-9)8-15-11-12-5-7-14-11/h3-5,7,13H,6,8H2. The molecule has 0 saturated carbocycles. The van der Waals surface area contributed by atoms with Crippen molar-refractivity contribution < 1.29 is 9.52 Å². The normalized spacial score (nSPS) is 9.81. The molecule has 0 fully saturated rings. The Morgan fingerprint density at radius 2 is 2.44 bits per heavy atom. The molecule has 16 heavy (non-hydrogen) atoms. The summed E-state index contributed by atoms with van der Waals surface area (Å²) in [5, 5.41) is 9.25. The monoisotopic (exact) mass is 251 g/mol. The van der Waals surface area contributed by atoms with E-state index < -0.39 is 0 Å². The number of hydrogen-bond acceptors (Lipinski definition) is 5. The highest BCUT2D eigenvalue weighted by Crippen LogP contribution is 2.25. The van der Waals surface area contributed by atoms with E-state index in [1.807, 2.05) is 12.1 Å². The van der Waals surface area contributed by atoms with Gasteiger partial charge in [0, 0.05) is 10.6 Å². The number of aromatic nitrogens is 1. The van der Waals surface area contributed by atoms with Gasteiger partial charge in [0.25, 0.3) is 5.22 Å². The summed E-state index contributed by atoms with van der Waals surface area (Å²) >= 11 is 3.17. The van der Waals surface area contributed by atoms with Gasteiger partial charge in [0.2, 0.25) is 0 Å². The molecule has 0 aliphatic carbocycles. The molecular weight excluding hydrogens is 242 g/mol. The molecule has 0 amide bonds. The average Bonchev–Trinajstić information content (AvgIpc) is 2.95. The van der Waals surface area contributed by atoms with E-state index in [1.165, 1.54) is 4.88 Å². The molecule has 3 nitrogen and oxygen atoms in total. The molecule has 0 radical (unpaired) electrons. The Bertz CT molecular complexity index is 494. The first kappa shape index (κ1) is 11.3. The summed E-state index contributed by atoms with van der Waals surface area (Å²) in [4.78, 5) is 6.21. The smallest absolute Gasteiger partial charge is 0.255 e. The van der Waals surface area contributed by atoms with Crippen LogP contribution in [-0.4, -0.2) is 16.7 Å². The maximum absolute atomic E-state index is 8.57. The van der Waals surface area contributed by atoms with Crippen molar-refractivity contribution >= 4 is 23.1 Å². The van der Waals surface area contributed by atoms with Gasteiger partial charge in [0.15, 0.2) is 0 Å². The van der Waals surface area contributed by atoms with Crippen molar-refractivity contribution in [3.63, 3.8) is 0 Å². The lowest BCUT2D eigenvalue weighted by atomic mass is 10.4. The van der Waals surface area contributed by atoms with Crippen molar-refractivity contribution in [2.45, 2.75) is 11.0 Å². The van der Waals surface area contributed by atoms with E-state index in [0.29, 0.717) is 5.22 Å². The van der Waals surface area contributed by atoms with Crippen molar-refractivity contribution in [2.75, 3.05) is 6.61 Å². The number of thiophene rings is 1. The van der Waals surface area contributed by atoms with Crippen molar-refractivity contribution in [1.82, 2.24) is 4.98 Å². The molecule has 0 saturated heterocycles. The van der Waals surface area contributed by atoms with E-state index in [-0.39, 0.29) is 6.61 Å². The quantitative estimate of drug-likeness (QED) is 0.672. The van der Waals surface area contributed by atoms with Crippen LogP contribution in [0.1, 0.15) is 9.75 Å². The first-order chi connectivity index (χ1) is 7.88. The van der Waals surface area contributed by atoms with Gasteiger partial charge >= 0.3 is 0 Å². The number of oxazole rings is 1. The Morgan fingerprint density at radius 1 is 1.50 bits per heavy atom. The summed E-state index contributed by atoms with van der Waals surface area (Å²) in [7, 11) is 0. The fourth-order valence-corrected chi connectivity index (χ4v) is 2.78. The Morgan fingerprint density at radius 3 is 3.19 bits per heavy atom. The minimum absolute atomic E-state index is 0.0989. The maximum atomic E-state index is 8.57. The number of rotatable bonds is 3. The SMILES string of the molecule is OCC#Cc1ccc(CSc2ncco2)s1. The van der Waals surface area contributed by atoms with Crippen LogP contribution in [0.15, 0.2) is 34.2 Å². The van der Waals surface area contributed by atoms with Crippen LogP contribution in [0.25, 0.3) is 0 Å². The summed E-state index contributed by atoms with van der Waals surface area (Å²) in [6.45, 7) is -0.0989. The zero-order chi connectivity index (χ0) is 11.2. The van der Waals surface area contributed by atoms with Crippen LogP contribution >= 0.6 is 23.1 Å². The molecule has 2 heterocycles. The molecule has 2 rings (SSSR count). The third kappa shape index (κ3) is 3.14. The predicted octanol–water partition coefficient (Wildman–Crippen LogP) is 2.37. The summed E-state index contributed by atoms with van der Waals surface area (Å²) in [5.41, 5.74) is 0. The molecule has 2 aromatic heterocycles. The van der Waals surface area contributed by atoms with Gasteiger partial charge in [-0.1, -0.05) is 23.6 Å². The van der Waals surface area contributed by atoms with Gasteiger partial charge in [-0.3, -0.25) is 0 Å². The molecular formula is C11H9NO2S2. The number of aliphatic hydroxyl groups excluding tert-OH is 1. The lowest BCUT2D eigenvalue weighted by Gasteiger charge is -1.91. The number of hydrogen-bond donors (Lipinski definition) is 1. The molecule has 0 aromatic carbocycles. The molecule has 5 heteroatoms. The molecule has 82 valence electrons. The Kier molecular flexibility index (Phi) is 4.05. The second-order valence-corrected chi connectivity index (χ2v) is 4.91. The van der Waals surface area contributed by atoms with Gasteiger partial charge < -0.3 is 9.52 Å². The number of nitrogens with zero attached hydrogens (tertiary/aromatic N) is 1. The molecule has 0 bridgehead atoms. The average molecular weight is 251 g/mol. The Labute approximate surface area is 102 Å². The molecule has 0 unspecified atom stereocenters. The molecule has 0 spiro atoms. The van der Waals surface area contributed by atoms with Crippen LogP contribution in [0, 0.1) is 11.8 Å². The van der Waals surface area contributed by atoms with Crippen LogP contribution in [0.4, 0.5) is 0 Å². The second kappa shape index (κ2) is 5.75. The topological polar surface area (TPSA) is 46.3 Å². The molecule has 1 N–H and O–H groups in total. The zero-order valence-electron chi connectivity index (χ0n) is 8.34. The minimum atomic E-state index is -0.0989. The first-order valence-electron chi connectivity index (χ1n) is 4.59. The summed E-state index contributed by atoms with van der Waals surface area (Å²) in [5.74, 6) is 6.33. The van der Waals surface area contributed by atoms with Crippen LogP contribution in [0.2, 0.25) is 0 Å². The van der Waals surface area contributed by atoms with Crippen molar-refractivity contribution in [3.05, 3.63) is 34.3 Å². The lowest BCUT2D eigenvalue weighted by Crippen LogP contribution is -1.73. The van der Waals surface area contributed by atoms with E-state index in [9.17, 15) is 0 Å². The molecule has 2 aromatic rings. The highest BCUT2D eigenvalue weighted by molar-refractivity contribution is 7.98. The van der Waals surface area contributed by atoms with E-state index in [0.717, 1.165) is 10.6 Å². The van der Waals surface area contributed by atoms with Crippen molar-refractivity contribution in [3.8, 4) is 11.8 Å². The summed E-state index contributed by atoms with van der Waals surface area (Å²) in [6, 6.07) is 3.99. The van der Waals surface area contributed by atoms with E-state index in [2.05, 4.69) is 16.8 Å². The van der Waals surface area contributed by atoms with E-state index in [1.54, 1.807) is 35.6 Å². The highest BCUT2D eigenvalue weighted by atomic mass is 32.2. The Balaban J connectivity index is 1.93. The third-order valence-corrected chi connectivity index (χ3v) is 3.79. The minimum Gasteiger partial charge on any atom is -0.440 e. The summed E-state index contributed by atoms with van der Waals surface area (Å²) in [6.07, 6.45) is 3.20. The van der Waals surface area contributed by atoms with Gasteiger partial charge in [-0.05, 0) is 12.1 Å². The van der Waals surface area contributed by atoms with Gasteiger partial charge in [-0.25, -0.2) is 4.98 Å². The Hall–Kier alpha value is -1.22. The summed E-state index contributed by atoms with van der Waals surface area (Å²) < 4.78 is 5.12. The fraction of sp³-hybridized carbons (Fsp3) is 0.182. The second-order valence-electron chi connectivity index (χ2n) is 2.81. The van der Waals surface area contributed by atoms with E-state index >= 15 is 0 Å². The van der Waals surface area contributed by atoms with Gasteiger partial charge in [-0.2, -0.15) is 0 Å².